The first-order valence-electron chi connectivity index (χ1n) is 5.97. The molecule has 1 heterocycles. The molecule has 0 bridgehead atoms. The third-order valence-electron chi connectivity index (χ3n) is 3.20. The zero-order valence-corrected chi connectivity index (χ0v) is 9.88. The summed E-state index contributed by atoms with van der Waals surface area (Å²) >= 11 is 0. The smallest absolute Gasteiger partial charge is 0.131 e. The molecule has 2 unspecified atom stereocenters. The van der Waals surface area contributed by atoms with Crippen LogP contribution in [0.25, 0.3) is 0 Å². The van der Waals surface area contributed by atoms with E-state index in [2.05, 4.69) is 5.32 Å². The van der Waals surface area contributed by atoms with Gasteiger partial charge in [0.1, 0.15) is 5.78 Å². The highest BCUT2D eigenvalue weighted by atomic mass is 16.3. The van der Waals surface area contributed by atoms with Crippen molar-refractivity contribution in [1.29, 1.82) is 0 Å². The predicted molar refractivity (Wildman–Crippen MR) is 60.8 cm³/mol. The van der Waals surface area contributed by atoms with Crippen LogP contribution in [-0.4, -0.2) is 29.1 Å². The number of hydrogen-bond donors (Lipinski definition) is 2. The second kappa shape index (κ2) is 5.61. The lowest BCUT2D eigenvalue weighted by Gasteiger charge is -2.28. The molecule has 0 aromatic carbocycles. The first-order chi connectivity index (χ1) is 7.04. The molecule has 15 heavy (non-hydrogen) atoms. The Kier molecular flexibility index (Phi) is 4.74. The molecule has 0 aliphatic carbocycles. The lowest BCUT2D eigenvalue weighted by atomic mass is 9.86. The summed E-state index contributed by atoms with van der Waals surface area (Å²) in [7, 11) is 0. The molecular formula is C12H23NO2. The molecule has 0 radical (unpaired) electrons. The van der Waals surface area contributed by atoms with E-state index in [-0.39, 0.29) is 17.4 Å². The molecule has 88 valence electrons. The van der Waals surface area contributed by atoms with Crippen LogP contribution in [0.3, 0.4) is 0 Å². The van der Waals surface area contributed by atoms with Crippen LogP contribution in [0.1, 0.15) is 52.4 Å². The third kappa shape index (κ3) is 4.31. The molecule has 0 aromatic heterocycles. The summed E-state index contributed by atoms with van der Waals surface area (Å²) in [6.45, 7) is 4.51. The highest BCUT2D eigenvalue weighted by molar-refractivity contribution is 5.76. The average Bonchev–Trinajstić information content (AvgIpc) is 2.51. The molecule has 0 spiro atoms. The van der Waals surface area contributed by atoms with E-state index in [1.165, 1.54) is 6.42 Å². The zero-order valence-electron chi connectivity index (χ0n) is 9.88. The molecule has 3 heteroatoms. The Hall–Kier alpha value is -0.410. The summed E-state index contributed by atoms with van der Waals surface area (Å²) in [6.07, 6.45) is 5.54. The van der Waals surface area contributed by atoms with Crippen LogP contribution >= 0.6 is 0 Å². The molecule has 3 nitrogen and oxygen atoms in total. The van der Waals surface area contributed by atoms with Crippen LogP contribution in [0.2, 0.25) is 0 Å². The molecule has 0 aromatic rings. The van der Waals surface area contributed by atoms with Gasteiger partial charge in [-0.05, 0) is 52.5 Å². The van der Waals surface area contributed by atoms with Crippen molar-refractivity contribution in [1.82, 2.24) is 5.32 Å². The van der Waals surface area contributed by atoms with Crippen LogP contribution < -0.4 is 5.32 Å². The third-order valence-corrected chi connectivity index (χ3v) is 3.20. The fourth-order valence-corrected chi connectivity index (χ4v) is 2.53. The van der Waals surface area contributed by atoms with Crippen LogP contribution in [-0.2, 0) is 4.79 Å². The van der Waals surface area contributed by atoms with Gasteiger partial charge in [-0.2, -0.15) is 0 Å². The maximum absolute atomic E-state index is 11.2. The Morgan fingerprint density at radius 3 is 2.80 bits per heavy atom. The molecule has 1 rings (SSSR count). The van der Waals surface area contributed by atoms with E-state index in [0.717, 1.165) is 32.2 Å². The Morgan fingerprint density at radius 2 is 2.33 bits per heavy atom. The first kappa shape index (κ1) is 12.7. The summed E-state index contributed by atoms with van der Waals surface area (Å²) in [4.78, 5) is 11.2. The summed E-state index contributed by atoms with van der Waals surface area (Å²) < 4.78 is 0. The first-order valence-corrected chi connectivity index (χ1v) is 5.97. The summed E-state index contributed by atoms with van der Waals surface area (Å²) in [5, 5.41) is 12.7. The summed E-state index contributed by atoms with van der Waals surface area (Å²) in [6, 6.07) is 0. The Labute approximate surface area is 92.3 Å². The molecule has 1 fully saturated rings. The molecular weight excluding hydrogens is 190 g/mol. The van der Waals surface area contributed by atoms with E-state index in [9.17, 15) is 9.90 Å². The van der Waals surface area contributed by atoms with Crippen LogP contribution in [0.4, 0.5) is 0 Å². The Bertz CT molecular complexity index is 208. The summed E-state index contributed by atoms with van der Waals surface area (Å²) in [5.41, 5.74) is 0.0424. The number of carbonyl (C=O) groups excluding carboxylic acids is 1. The van der Waals surface area contributed by atoms with Crippen LogP contribution in [0.15, 0.2) is 0 Å². The fourth-order valence-electron chi connectivity index (χ4n) is 2.53. The van der Waals surface area contributed by atoms with Gasteiger partial charge in [0.2, 0.25) is 0 Å². The van der Waals surface area contributed by atoms with Gasteiger partial charge in [-0.25, -0.2) is 0 Å². The van der Waals surface area contributed by atoms with Gasteiger partial charge < -0.3 is 10.4 Å². The molecule has 2 atom stereocenters. The van der Waals surface area contributed by atoms with Crippen molar-refractivity contribution >= 4 is 5.78 Å². The van der Waals surface area contributed by atoms with Crippen molar-refractivity contribution in [2.45, 2.75) is 64.0 Å². The normalized spacial score (nSPS) is 27.9. The Balaban J connectivity index is 2.39. The topological polar surface area (TPSA) is 49.3 Å². The van der Waals surface area contributed by atoms with Gasteiger partial charge in [0.05, 0.1) is 6.10 Å². The predicted octanol–water partition coefficient (Wildman–Crippen LogP) is 1.64. The minimum Gasteiger partial charge on any atom is -0.393 e. The molecule has 0 amide bonds. The lowest BCUT2D eigenvalue weighted by molar-refractivity contribution is -0.118. The molecule has 1 aliphatic rings. The highest BCUT2D eigenvalue weighted by Crippen LogP contribution is 2.29. The minimum atomic E-state index is -0.221. The zero-order chi connectivity index (χ0) is 11.3. The molecule has 2 N–H and O–H groups in total. The number of aliphatic hydroxyl groups is 1. The van der Waals surface area contributed by atoms with Gasteiger partial charge in [0, 0.05) is 12.0 Å². The SMILES string of the molecule is CC(=O)CC1(CCCC(C)O)CCCN1. The van der Waals surface area contributed by atoms with Crippen molar-refractivity contribution in [2.24, 2.45) is 0 Å². The molecule has 1 aliphatic heterocycles. The monoisotopic (exact) mass is 213 g/mol. The van der Waals surface area contributed by atoms with Gasteiger partial charge in [0.15, 0.2) is 0 Å². The van der Waals surface area contributed by atoms with Crippen LogP contribution in [0, 0.1) is 0 Å². The average molecular weight is 213 g/mol. The van der Waals surface area contributed by atoms with E-state index in [1.54, 1.807) is 6.92 Å². The fraction of sp³-hybridized carbons (Fsp3) is 0.917. The number of ketones is 1. The quantitative estimate of drug-likeness (QED) is 0.705. The van der Waals surface area contributed by atoms with E-state index in [4.69, 9.17) is 0 Å². The van der Waals surface area contributed by atoms with Gasteiger partial charge in [-0.15, -0.1) is 0 Å². The largest absolute Gasteiger partial charge is 0.393 e. The van der Waals surface area contributed by atoms with Crippen molar-refractivity contribution in [3.63, 3.8) is 0 Å². The minimum absolute atomic E-state index is 0.0424. The van der Waals surface area contributed by atoms with Crippen molar-refractivity contribution in [3.8, 4) is 0 Å². The number of Topliss-reactive ketones (excluding diaryl/α,β-unsaturated/α-hetero) is 1. The maximum Gasteiger partial charge on any atom is 0.131 e. The van der Waals surface area contributed by atoms with Crippen molar-refractivity contribution in [2.75, 3.05) is 6.54 Å². The standard InChI is InChI=1S/C12H23NO2/c1-10(14)5-3-6-12(9-11(2)15)7-4-8-13-12/h10,13-14H,3-9H2,1-2H3. The lowest BCUT2D eigenvalue weighted by Crippen LogP contribution is -2.41. The van der Waals surface area contributed by atoms with Crippen LogP contribution in [0.5, 0.6) is 0 Å². The number of aliphatic hydroxyl groups excluding tert-OH is 1. The number of hydrogen-bond acceptors (Lipinski definition) is 3. The van der Waals surface area contributed by atoms with Crippen molar-refractivity contribution in [3.05, 3.63) is 0 Å². The molecule has 1 saturated heterocycles. The van der Waals surface area contributed by atoms with Gasteiger partial charge in [-0.3, -0.25) is 4.79 Å². The Morgan fingerprint density at radius 1 is 1.60 bits per heavy atom. The number of nitrogens with one attached hydrogen (secondary N) is 1. The van der Waals surface area contributed by atoms with Crippen molar-refractivity contribution < 1.29 is 9.90 Å². The van der Waals surface area contributed by atoms with Gasteiger partial charge >= 0.3 is 0 Å². The van der Waals surface area contributed by atoms with E-state index < -0.39 is 0 Å². The second-order valence-corrected chi connectivity index (χ2v) is 4.93. The number of rotatable bonds is 6. The summed E-state index contributed by atoms with van der Waals surface area (Å²) in [5.74, 6) is 0.265. The highest BCUT2D eigenvalue weighted by Gasteiger charge is 2.33. The van der Waals surface area contributed by atoms with Gasteiger partial charge in [-0.1, -0.05) is 0 Å². The maximum atomic E-state index is 11.2. The van der Waals surface area contributed by atoms with Gasteiger partial charge in [0.25, 0.3) is 0 Å². The second-order valence-electron chi connectivity index (χ2n) is 4.93. The van der Waals surface area contributed by atoms with E-state index >= 15 is 0 Å². The van der Waals surface area contributed by atoms with E-state index in [0.29, 0.717) is 6.42 Å². The number of carbonyl (C=O) groups is 1. The van der Waals surface area contributed by atoms with E-state index in [1.807, 2.05) is 6.92 Å². The molecule has 0 saturated carbocycles.